The summed E-state index contributed by atoms with van der Waals surface area (Å²) in [4.78, 5) is 26.2. The molecule has 3 N–H and O–H groups in total. The summed E-state index contributed by atoms with van der Waals surface area (Å²) in [5, 5.41) is 23.9. The average molecular weight is 876 g/mol. The van der Waals surface area contributed by atoms with E-state index in [1.165, 1.54) is 218 Å². The first-order valence-corrected chi connectivity index (χ1v) is 27.9. The maximum Gasteiger partial charge on any atom is 0.306 e. The predicted molar refractivity (Wildman–Crippen MR) is 269 cm³/mol. The zero-order valence-corrected chi connectivity index (χ0v) is 42.0. The van der Waals surface area contributed by atoms with E-state index in [0.29, 0.717) is 19.3 Å². The molecule has 0 fully saturated rings. The summed E-state index contributed by atoms with van der Waals surface area (Å²) in [6, 6.07) is -0.696. The minimum absolute atomic E-state index is 0.0836. The third kappa shape index (κ3) is 45.2. The molecule has 3 atom stereocenters. The zero-order valence-electron chi connectivity index (χ0n) is 42.0. The predicted octanol–water partition coefficient (Wildman–Crippen LogP) is 16.9. The van der Waals surface area contributed by atoms with Gasteiger partial charge in [-0.2, -0.15) is 0 Å². The van der Waals surface area contributed by atoms with E-state index >= 15 is 0 Å². The molecule has 0 spiro atoms. The molecule has 1 amide bonds. The van der Waals surface area contributed by atoms with E-state index in [2.05, 4.69) is 38.2 Å². The maximum atomic E-state index is 13.2. The van der Waals surface area contributed by atoms with Crippen LogP contribution in [0.5, 0.6) is 0 Å². The minimum Gasteiger partial charge on any atom is -0.462 e. The molecule has 0 aliphatic carbocycles. The highest BCUT2D eigenvalue weighted by Crippen LogP contribution is 2.19. The van der Waals surface area contributed by atoms with Gasteiger partial charge in [0.15, 0.2) is 0 Å². The fourth-order valence-electron chi connectivity index (χ4n) is 8.84. The molecule has 0 saturated carbocycles. The number of rotatable bonds is 51. The molecule has 0 aromatic carbocycles. The number of ether oxygens (including phenoxy) is 1. The highest BCUT2D eigenvalue weighted by Gasteiger charge is 2.24. The third-order valence-corrected chi connectivity index (χ3v) is 13.1. The molecule has 0 aromatic heterocycles. The van der Waals surface area contributed by atoms with Crippen molar-refractivity contribution in [3.05, 3.63) is 12.2 Å². The topological polar surface area (TPSA) is 95.9 Å². The van der Waals surface area contributed by atoms with Crippen LogP contribution in [0.15, 0.2) is 12.2 Å². The molecule has 3 unspecified atom stereocenters. The summed E-state index contributed by atoms with van der Waals surface area (Å²) >= 11 is 0. The van der Waals surface area contributed by atoms with E-state index in [9.17, 15) is 19.8 Å². The zero-order chi connectivity index (χ0) is 45.2. The van der Waals surface area contributed by atoms with Gasteiger partial charge in [-0.3, -0.25) is 9.59 Å². The standard InChI is InChI=1S/C56H109NO5/c1-4-7-10-13-16-19-22-25-27-30-33-36-39-42-45-48-54(59)53(51-58)57-55(60)50-52(47-44-41-38-35-32-29-24-21-18-15-12-9-6-3)62-56(61)49-46-43-40-37-34-31-28-26-23-20-17-14-11-8-5-2/h20,23,52-54,58-59H,4-19,21-22,24-51H2,1-3H3,(H,57,60)/b23-20-. The van der Waals surface area contributed by atoms with Crippen molar-refractivity contribution >= 4 is 11.9 Å². The van der Waals surface area contributed by atoms with Gasteiger partial charge in [-0.25, -0.2) is 0 Å². The number of aliphatic hydroxyl groups is 2. The maximum absolute atomic E-state index is 13.2. The van der Waals surface area contributed by atoms with Crippen molar-refractivity contribution in [2.45, 2.75) is 328 Å². The fraction of sp³-hybridized carbons (Fsp3) is 0.929. The van der Waals surface area contributed by atoms with Crippen LogP contribution in [-0.4, -0.2) is 46.9 Å². The van der Waals surface area contributed by atoms with Crippen LogP contribution in [0.3, 0.4) is 0 Å². The molecule has 0 heterocycles. The van der Waals surface area contributed by atoms with Gasteiger partial charge < -0.3 is 20.3 Å². The highest BCUT2D eigenvalue weighted by molar-refractivity contribution is 5.77. The monoisotopic (exact) mass is 876 g/mol. The summed E-state index contributed by atoms with van der Waals surface area (Å²) in [6.07, 6.45) is 57.0. The summed E-state index contributed by atoms with van der Waals surface area (Å²) in [5.74, 6) is -0.458. The Balaban J connectivity index is 4.50. The molecule has 62 heavy (non-hydrogen) atoms. The highest BCUT2D eigenvalue weighted by atomic mass is 16.5. The molecule has 6 nitrogen and oxygen atoms in total. The first-order chi connectivity index (χ1) is 30.5. The van der Waals surface area contributed by atoms with Gasteiger partial charge in [0.25, 0.3) is 0 Å². The van der Waals surface area contributed by atoms with Crippen molar-refractivity contribution in [3.8, 4) is 0 Å². The number of aliphatic hydroxyl groups excluding tert-OH is 2. The Bertz CT molecular complexity index is 939. The summed E-state index contributed by atoms with van der Waals surface area (Å²) in [6.45, 7) is 6.51. The number of carbonyl (C=O) groups is 2. The van der Waals surface area contributed by atoms with Crippen LogP contribution in [0.25, 0.3) is 0 Å². The van der Waals surface area contributed by atoms with Gasteiger partial charge in [0.05, 0.1) is 25.2 Å². The second kappa shape index (κ2) is 50.6. The summed E-state index contributed by atoms with van der Waals surface area (Å²) < 4.78 is 5.95. The number of unbranched alkanes of at least 4 members (excludes halogenated alkanes) is 37. The van der Waals surface area contributed by atoms with E-state index in [1.54, 1.807) is 0 Å². The molecule has 0 bridgehead atoms. The lowest BCUT2D eigenvalue weighted by molar-refractivity contribution is -0.151. The number of nitrogens with one attached hydrogen (secondary N) is 1. The number of carbonyl (C=O) groups excluding carboxylic acids is 2. The smallest absolute Gasteiger partial charge is 0.306 e. The lowest BCUT2D eigenvalue weighted by atomic mass is 10.0. The molecule has 368 valence electrons. The summed E-state index contributed by atoms with van der Waals surface area (Å²) in [5.41, 5.74) is 0. The Morgan fingerprint density at radius 1 is 0.452 bits per heavy atom. The van der Waals surface area contributed by atoms with Gasteiger partial charge in [0.2, 0.25) is 5.91 Å². The van der Waals surface area contributed by atoms with Crippen molar-refractivity contribution in [3.63, 3.8) is 0 Å². The van der Waals surface area contributed by atoms with E-state index in [4.69, 9.17) is 4.74 Å². The number of allylic oxidation sites excluding steroid dienone is 2. The lowest BCUT2D eigenvalue weighted by Crippen LogP contribution is -2.46. The van der Waals surface area contributed by atoms with Gasteiger partial charge in [-0.15, -0.1) is 0 Å². The van der Waals surface area contributed by atoms with Gasteiger partial charge in [-0.05, 0) is 51.4 Å². The number of hydrogen-bond acceptors (Lipinski definition) is 5. The fourth-order valence-corrected chi connectivity index (χ4v) is 8.84. The van der Waals surface area contributed by atoms with Crippen LogP contribution >= 0.6 is 0 Å². The van der Waals surface area contributed by atoms with E-state index < -0.39 is 18.2 Å². The van der Waals surface area contributed by atoms with E-state index in [1.807, 2.05) is 0 Å². The second-order valence-electron chi connectivity index (χ2n) is 19.3. The second-order valence-corrected chi connectivity index (χ2v) is 19.3. The average Bonchev–Trinajstić information content (AvgIpc) is 3.26. The molecule has 6 heteroatoms. The first-order valence-electron chi connectivity index (χ1n) is 27.9. The van der Waals surface area contributed by atoms with Crippen molar-refractivity contribution in [1.29, 1.82) is 0 Å². The van der Waals surface area contributed by atoms with Crippen LogP contribution < -0.4 is 5.32 Å². The quantitative estimate of drug-likeness (QED) is 0.0321. The third-order valence-electron chi connectivity index (χ3n) is 13.1. The van der Waals surface area contributed by atoms with Crippen LogP contribution in [0.1, 0.15) is 310 Å². The van der Waals surface area contributed by atoms with E-state index in [-0.39, 0.29) is 24.9 Å². The van der Waals surface area contributed by atoms with Crippen LogP contribution in [-0.2, 0) is 14.3 Å². The molecule has 0 aliphatic rings. The Labute approximate surface area is 387 Å². The van der Waals surface area contributed by atoms with Gasteiger partial charge >= 0.3 is 5.97 Å². The van der Waals surface area contributed by atoms with Crippen molar-refractivity contribution in [2.24, 2.45) is 0 Å². The van der Waals surface area contributed by atoms with Gasteiger partial charge in [0, 0.05) is 6.42 Å². The minimum atomic E-state index is -0.782. The molecular weight excluding hydrogens is 767 g/mol. The number of esters is 1. The molecule has 0 aromatic rings. The number of amides is 1. The Hall–Kier alpha value is -1.40. The van der Waals surface area contributed by atoms with Crippen LogP contribution in [0.2, 0.25) is 0 Å². The van der Waals surface area contributed by atoms with Crippen molar-refractivity contribution in [1.82, 2.24) is 5.32 Å². The van der Waals surface area contributed by atoms with Crippen LogP contribution in [0.4, 0.5) is 0 Å². The van der Waals surface area contributed by atoms with Gasteiger partial charge in [-0.1, -0.05) is 258 Å². The molecule has 0 saturated heterocycles. The molecule has 0 radical (unpaired) electrons. The van der Waals surface area contributed by atoms with Crippen molar-refractivity contribution < 1.29 is 24.5 Å². The lowest BCUT2D eigenvalue weighted by Gasteiger charge is -2.24. The Morgan fingerprint density at radius 2 is 0.774 bits per heavy atom. The molecular formula is C56H109NO5. The first kappa shape index (κ1) is 60.6. The van der Waals surface area contributed by atoms with E-state index in [0.717, 1.165) is 44.9 Å². The Kier molecular flexibility index (Phi) is 49.5. The molecule has 0 aliphatic heterocycles. The normalized spacial score (nSPS) is 13.2. The van der Waals surface area contributed by atoms with Crippen LogP contribution in [0, 0.1) is 0 Å². The SMILES string of the molecule is CCCCCC/C=C\CCCCCCCCCC(=O)OC(CCCCCCCCCCCCCCC)CC(=O)NC(CO)C(O)CCCCCCCCCCCCCCCCC. The van der Waals surface area contributed by atoms with Gasteiger partial charge in [0.1, 0.15) is 6.10 Å². The van der Waals surface area contributed by atoms with Crippen molar-refractivity contribution in [2.75, 3.05) is 6.61 Å². The molecule has 0 rings (SSSR count). The Morgan fingerprint density at radius 3 is 1.16 bits per heavy atom. The number of hydrogen-bond donors (Lipinski definition) is 3. The largest absolute Gasteiger partial charge is 0.462 e. The summed E-state index contributed by atoms with van der Waals surface area (Å²) in [7, 11) is 0.